The van der Waals surface area contributed by atoms with Crippen molar-refractivity contribution in [3.8, 4) is 34.2 Å². The molecule has 3 nitrogen and oxygen atoms in total. The minimum Gasteiger partial charge on any atom is -0.208 e. The predicted octanol–water partition coefficient (Wildman–Crippen LogP) is 9.96. The van der Waals surface area contributed by atoms with Crippen LogP contribution in [-0.4, -0.2) is 15.0 Å². The van der Waals surface area contributed by atoms with Crippen molar-refractivity contribution in [2.45, 2.75) is 37.5 Å². The van der Waals surface area contributed by atoms with Crippen LogP contribution in [0.1, 0.15) is 60.1 Å². The number of hydrogen-bond donors (Lipinski definition) is 0. The Morgan fingerprint density at radius 1 is 0.500 bits per heavy atom. The minimum atomic E-state index is -0.333. The van der Waals surface area contributed by atoms with E-state index in [1.807, 2.05) is 36.4 Å². The average molecular weight is 592 g/mol. The van der Waals surface area contributed by atoms with E-state index in [1.54, 1.807) is 0 Å². The molecule has 1 heterocycles. The van der Waals surface area contributed by atoms with Gasteiger partial charge in [0.05, 0.1) is 5.41 Å². The SMILES string of the molecule is CC1(C)c2ccccc2C2(C3=C(C=CCC3)c3ccccc32)c2ccc(-c3nc(-c4ccccc4)nc(-c4ccccc4)n3)cc21. The first-order valence-corrected chi connectivity index (χ1v) is 16.2. The summed E-state index contributed by atoms with van der Waals surface area (Å²) >= 11 is 0. The zero-order valence-corrected chi connectivity index (χ0v) is 26.0. The molecule has 0 saturated carbocycles. The zero-order valence-electron chi connectivity index (χ0n) is 26.0. The molecule has 3 heteroatoms. The first-order valence-electron chi connectivity index (χ1n) is 16.2. The van der Waals surface area contributed by atoms with Crippen LogP contribution < -0.4 is 0 Å². The summed E-state index contributed by atoms with van der Waals surface area (Å²) in [6.07, 6.45) is 6.81. The van der Waals surface area contributed by atoms with E-state index in [0.29, 0.717) is 17.5 Å². The molecule has 0 bridgehead atoms. The Kier molecular flexibility index (Phi) is 5.89. The van der Waals surface area contributed by atoms with Crippen molar-refractivity contribution in [3.05, 3.63) is 178 Å². The van der Waals surface area contributed by atoms with E-state index in [1.165, 1.54) is 44.5 Å². The van der Waals surface area contributed by atoms with Gasteiger partial charge < -0.3 is 0 Å². The Balaban J connectivity index is 1.32. The smallest absolute Gasteiger partial charge is 0.164 e. The number of allylic oxidation sites excluding steroid dienone is 4. The van der Waals surface area contributed by atoms with Crippen LogP contribution in [0.5, 0.6) is 0 Å². The second-order valence-corrected chi connectivity index (χ2v) is 13.1. The molecule has 220 valence electrons. The molecule has 0 fully saturated rings. The fraction of sp³-hybridized carbons (Fsp3) is 0.140. The summed E-state index contributed by atoms with van der Waals surface area (Å²) in [7, 11) is 0. The molecule has 0 amide bonds. The Morgan fingerprint density at radius 3 is 1.72 bits per heavy atom. The molecule has 1 unspecified atom stereocenters. The highest BCUT2D eigenvalue weighted by molar-refractivity contribution is 5.92. The van der Waals surface area contributed by atoms with Gasteiger partial charge in [0.1, 0.15) is 0 Å². The summed E-state index contributed by atoms with van der Waals surface area (Å²) in [4.78, 5) is 15.1. The molecule has 0 N–H and O–H groups in total. The molecule has 3 aliphatic carbocycles. The second-order valence-electron chi connectivity index (χ2n) is 13.1. The molecular formula is C43H33N3. The Morgan fingerprint density at radius 2 is 1.04 bits per heavy atom. The Labute approximate surface area is 270 Å². The number of fused-ring (bicyclic) bond motifs is 8. The van der Waals surface area contributed by atoms with E-state index in [4.69, 9.17) is 15.0 Å². The maximum atomic E-state index is 5.09. The predicted molar refractivity (Wildman–Crippen MR) is 186 cm³/mol. The van der Waals surface area contributed by atoms with E-state index in [2.05, 4.69) is 117 Å². The molecule has 5 aromatic carbocycles. The summed E-state index contributed by atoms with van der Waals surface area (Å²) in [5, 5.41) is 0. The van der Waals surface area contributed by atoms with Gasteiger partial charge in [0.2, 0.25) is 0 Å². The third kappa shape index (κ3) is 3.75. The summed E-state index contributed by atoms with van der Waals surface area (Å²) in [6.45, 7) is 4.74. The fourth-order valence-corrected chi connectivity index (χ4v) is 8.24. The molecule has 6 aromatic rings. The third-order valence-corrected chi connectivity index (χ3v) is 10.3. The van der Waals surface area contributed by atoms with Crippen LogP contribution in [0.3, 0.4) is 0 Å². The quantitative estimate of drug-likeness (QED) is 0.206. The summed E-state index contributed by atoms with van der Waals surface area (Å²) in [5.41, 5.74) is 13.5. The summed E-state index contributed by atoms with van der Waals surface area (Å²) in [5.74, 6) is 2.04. The van der Waals surface area contributed by atoms with Crippen molar-refractivity contribution in [1.82, 2.24) is 15.0 Å². The van der Waals surface area contributed by atoms with Crippen molar-refractivity contribution in [1.29, 1.82) is 0 Å². The van der Waals surface area contributed by atoms with Crippen LogP contribution >= 0.6 is 0 Å². The van der Waals surface area contributed by atoms with Crippen molar-refractivity contribution < 1.29 is 0 Å². The van der Waals surface area contributed by atoms with Gasteiger partial charge in [0.15, 0.2) is 17.5 Å². The van der Waals surface area contributed by atoms with E-state index in [9.17, 15) is 0 Å². The first-order chi connectivity index (χ1) is 22.6. The number of benzene rings is 5. The van der Waals surface area contributed by atoms with Gasteiger partial charge in [-0.25, -0.2) is 15.0 Å². The molecule has 3 aliphatic rings. The lowest BCUT2D eigenvalue weighted by Gasteiger charge is -2.48. The monoisotopic (exact) mass is 591 g/mol. The van der Waals surface area contributed by atoms with Crippen LogP contribution in [0.25, 0.3) is 39.7 Å². The largest absolute Gasteiger partial charge is 0.208 e. The number of hydrogen-bond acceptors (Lipinski definition) is 3. The van der Waals surface area contributed by atoms with Crippen LogP contribution in [-0.2, 0) is 10.8 Å². The van der Waals surface area contributed by atoms with Gasteiger partial charge in [-0.3, -0.25) is 0 Å². The molecule has 1 atom stereocenters. The maximum absolute atomic E-state index is 5.09. The van der Waals surface area contributed by atoms with Gasteiger partial charge in [-0.2, -0.15) is 0 Å². The molecule has 0 saturated heterocycles. The number of nitrogens with zero attached hydrogens (tertiary/aromatic N) is 3. The van der Waals surface area contributed by atoms with Crippen molar-refractivity contribution in [3.63, 3.8) is 0 Å². The van der Waals surface area contributed by atoms with Gasteiger partial charge in [-0.15, -0.1) is 0 Å². The summed E-state index contributed by atoms with van der Waals surface area (Å²) in [6, 6.07) is 45.6. The topological polar surface area (TPSA) is 38.7 Å². The molecular weight excluding hydrogens is 558 g/mol. The lowest BCUT2D eigenvalue weighted by Crippen LogP contribution is -2.41. The van der Waals surface area contributed by atoms with Gasteiger partial charge in [0.25, 0.3) is 0 Å². The molecule has 1 aromatic heterocycles. The van der Waals surface area contributed by atoms with Crippen molar-refractivity contribution >= 4 is 5.57 Å². The summed E-state index contributed by atoms with van der Waals surface area (Å²) < 4.78 is 0. The lowest BCUT2D eigenvalue weighted by molar-refractivity contribution is 0.550. The standard InChI is InChI=1S/C43H33N3/c1-42(2)35-23-13-14-24-36(35)43(33-21-11-9-19-31(33)32-20-10-12-22-34(32)43)37-26-25-30(27-38(37)42)41-45-39(28-15-5-3-6-16-28)44-40(46-41)29-17-7-4-8-18-29/h3-11,13-21,23-27H,12,22H2,1-2H3. The molecule has 0 radical (unpaired) electrons. The van der Waals surface area contributed by atoms with Crippen molar-refractivity contribution in [2.24, 2.45) is 0 Å². The van der Waals surface area contributed by atoms with Crippen LogP contribution in [0.15, 0.2) is 145 Å². The van der Waals surface area contributed by atoms with E-state index in [0.717, 1.165) is 29.5 Å². The normalized spacial score (nSPS) is 18.6. The Hall–Kier alpha value is -5.41. The molecule has 0 aliphatic heterocycles. The zero-order chi connectivity index (χ0) is 30.9. The minimum absolute atomic E-state index is 0.229. The number of rotatable bonds is 3. The van der Waals surface area contributed by atoms with Gasteiger partial charge in [-0.1, -0.05) is 147 Å². The van der Waals surface area contributed by atoms with Crippen LogP contribution in [0.2, 0.25) is 0 Å². The van der Waals surface area contributed by atoms with E-state index < -0.39 is 0 Å². The van der Waals surface area contributed by atoms with E-state index >= 15 is 0 Å². The van der Waals surface area contributed by atoms with Crippen molar-refractivity contribution in [2.75, 3.05) is 0 Å². The Bertz CT molecular complexity index is 2170. The average Bonchev–Trinajstić information content (AvgIpc) is 3.42. The highest BCUT2D eigenvalue weighted by Crippen LogP contribution is 2.63. The number of aromatic nitrogens is 3. The molecule has 9 rings (SSSR count). The highest BCUT2D eigenvalue weighted by Gasteiger charge is 2.54. The maximum Gasteiger partial charge on any atom is 0.164 e. The fourth-order valence-electron chi connectivity index (χ4n) is 8.24. The first kappa shape index (κ1) is 26.9. The highest BCUT2D eigenvalue weighted by atomic mass is 15.0. The molecule has 1 spiro atoms. The van der Waals surface area contributed by atoms with E-state index in [-0.39, 0.29) is 10.8 Å². The second kappa shape index (κ2) is 10.1. The van der Waals surface area contributed by atoms with Gasteiger partial charge >= 0.3 is 0 Å². The third-order valence-electron chi connectivity index (χ3n) is 10.3. The van der Waals surface area contributed by atoms with Crippen LogP contribution in [0, 0.1) is 0 Å². The molecule has 46 heavy (non-hydrogen) atoms. The van der Waals surface area contributed by atoms with Crippen LogP contribution in [0.4, 0.5) is 0 Å². The lowest BCUT2D eigenvalue weighted by atomic mass is 9.54. The van der Waals surface area contributed by atoms with Gasteiger partial charge in [-0.05, 0) is 63.4 Å². The van der Waals surface area contributed by atoms with Gasteiger partial charge in [0, 0.05) is 22.1 Å².